The van der Waals surface area contributed by atoms with Crippen molar-refractivity contribution in [3.63, 3.8) is 0 Å². The summed E-state index contributed by atoms with van der Waals surface area (Å²) in [6, 6.07) is 4.67. The van der Waals surface area contributed by atoms with E-state index in [-0.39, 0.29) is 0 Å². The van der Waals surface area contributed by atoms with Gasteiger partial charge >= 0.3 is 21.5 Å². The first-order valence-electron chi connectivity index (χ1n) is 4.71. The average Bonchev–Trinajstić information content (AvgIpc) is 2.34. The van der Waals surface area contributed by atoms with Crippen molar-refractivity contribution in [3.05, 3.63) is 34.4 Å². The Bertz CT molecular complexity index is 584. The van der Waals surface area contributed by atoms with Crippen molar-refractivity contribution in [1.29, 1.82) is 0 Å². The Kier molecular flexibility index (Phi) is 5.50. The van der Waals surface area contributed by atoms with Crippen LogP contribution < -0.4 is 0 Å². The number of nitro groups is 1. The lowest BCUT2D eigenvalue weighted by Gasteiger charge is -2.05. The summed E-state index contributed by atoms with van der Waals surface area (Å²) in [5, 5.41) is 10.7. The molecule has 0 spiro atoms. The summed E-state index contributed by atoms with van der Waals surface area (Å²) in [5.41, 5.74) is -0.617. The molecule has 1 aromatic rings. The molecule has 0 bridgehead atoms. The normalized spacial score (nSPS) is 13.1. The molecule has 11 heteroatoms. The first-order chi connectivity index (χ1) is 8.84. The average molecular weight is 311 g/mol. The number of rotatable bonds is 7. The minimum atomic E-state index is -4.34. The van der Waals surface area contributed by atoms with E-state index in [4.69, 9.17) is 4.55 Å². The topological polar surface area (TPSA) is 133 Å². The van der Waals surface area contributed by atoms with Gasteiger partial charge in [-0.2, -0.15) is 12.6 Å². The van der Waals surface area contributed by atoms with E-state index in [9.17, 15) is 22.7 Å². The third-order valence-electron chi connectivity index (χ3n) is 1.84. The van der Waals surface area contributed by atoms with Crippen molar-refractivity contribution < 1.29 is 30.5 Å². The second kappa shape index (κ2) is 6.68. The van der Waals surface area contributed by atoms with Crippen molar-refractivity contribution >= 4 is 27.2 Å². The summed E-state index contributed by atoms with van der Waals surface area (Å²) in [6.07, 6.45) is 0. The minimum absolute atomic E-state index is 0.455. The predicted octanol–water partition coefficient (Wildman–Crippen LogP) is 0.453. The monoisotopic (exact) mass is 311 g/mol. The first kappa shape index (κ1) is 15.7. The molecule has 1 atom stereocenters. The second-order valence-corrected chi connectivity index (χ2v) is 5.29. The highest BCUT2D eigenvalue weighted by Gasteiger charge is 2.25. The molecule has 0 aromatic heterocycles. The molecule has 19 heavy (non-hydrogen) atoms. The highest BCUT2D eigenvalue weighted by atomic mass is 32.2. The Balaban J connectivity index is 2.83. The van der Waals surface area contributed by atoms with Crippen molar-refractivity contribution in [2.75, 3.05) is 13.2 Å². The lowest BCUT2D eigenvalue weighted by molar-refractivity contribution is -0.387. The number of hydrogen-bond donors (Lipinski definition) is 1. The van der Waals surface area contributed by atoms with Crippen LogP contribution in [0.2, 0.25) is 0 Å². The Labute approximate surface area is 110 Å². The van der Waals surface area contributed by atoms with Gasteiger partial charge in [0.15, 0.2) is 4.90 Å². The van der Waals surface area contributed by atoms with Gasteiger partial charge in [-0.25, -0.2) is 0 Å². The lowest BCUT2D eigenvalue weighted by Crippen LogP contribution is -2.13. The van der Waals surface area contributed by atoms with Crippen LogP contribution in [0.25, 0.3) is 0 Å². The molecule has 0 radical (unpaired) electrons. The molecule has 1 aromatic carbocycles. The summed E-state index contributed by atoms with van der Waals surface area (Å²) in [6.45, 7) is -0.996. The van der Waals surface area contributed by atoms with Crippen LogP contribution in [0.15, 0.2) is 29.2 Å². The molecule has 1 unspecified atom stereocenters. The fraction of sp³-hybridized carbons (Fsp3) is 0.250. The summed E-state index contributed by atoms with van der Waals surface area (Å²) in [4.78, 5) is 9.23. The molecule has 0 saturated carbocycles. The summed E-state index contributed by atoms with van der Waals surface area (Å²) in [5.74, 6) is 0. The Morgan fingerprint density at radius 3 is 2.53 bits per heavy atom. The molecule has 0 amide bonds. The van der Waals surface area contributed by atoms with Gasteiger partial charge in [0.1, 0.15) is 0 Å². The fourth-order valence-corrected chi connectivity index (χ4v) is 2.40. The Morgan fingerprint density at radius 1 is 1.32 bits per heavy atom. The molecule has 1 N–H and O–H groups in total. The predicted molar refractivity (Wildman–Crippen MR) is 63.0 cm³/mol. The minimum Gasteiger partial charge on any atom is -0.284 e. The molecular formula is C8H9NO8S2. The van der Waals surface area contributed by atoms with Crippen LogP contribution in [-0.4, -0.2) is 35.3 Å². The van der Waals surface area contributed by atoms with Crippen LogP contribution in [0, 0.1) is 10.1 Å². The zero-order valence-corrected chi connectivity index (χ0v) is 10.9. The van der Waals surface area contributed by atoms with E-state index >= 15 is 0 Å². The third kappa shape index (κ3) is 4.65. The van der Waals surface area contributed by atoms with Crippen LogP contribution in [0.5, 0.6) is 0 Å². The second-order valence-electron chi connectivity index (χ2n) is 3.04. The van der Waals surface area contributed by atoms with E-state index in [0.717, 1.165) is 12.1 Å². The van der Waals surface area contributed by atoms with Crippen molar-refractivity contribution in [2.45, 2.75) is 4.90 Å². The maximum Gasteiger partial charge on any atom is 0.303 e. The molecule has 0 saturated heterocycles. The smallest absolute Gasteiger partial charge is 0.284 e. The largest absolute Gasteiger partial charge is 0.303 e. The molecule has 106 valence electrons. The maximum atomic E-state index is 11.7. The molecule has 1 rings (SSSR count). The van der Waals surface area contributed by atoms with Gasteiger partial charge in [0, 0.05) is 6.07 Å². The van der Waals surface area contributed by atoms with Crippen LogP contribution >= 0.6 is 0 Å². The summed E-state index contributed by atoms with van der Waals surface area (Å²) < 4.78 is 50.4. The van der Waals surface area contributed by atoms with Crippen molar-refractivity contribution in [2.24, 2.45) is 0 Å². The quantitative estimate of drug-likeness (QED) is 0.252. The number of nitrogens with zero attached hydrogens (tertiary/aromatic N) is 1. The molecule has 9 nitrogen and oxygen atoms in total. The van der Waals surface area contributed by atoms with Gasteiger partial charge in [-0.05, 0) is 6.07 Å². The zero-order chi connectivity index (χ0) is 14.5. The van der Waals surface area contributed by atoms with Crippen LogP contribution in [0.1, 0.15) is 0 Å². The molecule has 0 aliphatic rings. The van der Waals surface area contributed by atoms with E-state index < -0.39 is 50.2 Å². The van der Waals surface area contributed by atoms with Crippen molar-refractivity contribution in [1.82, 2.24) is 0 Å². The SMILES string of the molecule is O=[N+]([O-])c1ccccc1S(=O)(=O)OCCOS(=O)O. The highest BCUT2D eigenvalue weighted by Crippen LogP contribution is 2.24. The van der Waals surface area contributed by atoms with Crippen LogP contribution in [0.4, 0.5) is 5.69 Å². The number of nitro benzene ring substituents is 1. The maximum absolute atomic E-state index is 11.7. The fourth-order valence-electron chi connectivity index (χ4n) is 1.13. The summed E-state index contributed by atoms with van der Waals surface area (Å²) in [7, 11) is -4.34. The third-order valence-corrected chi connectivity index (χ3v) is 3.57. The van der Waals surface area contributed by atoms with Gasteiger partial charge in [0.05, 0.1) is 18.1 Å². The van der Waals surface area contributed by atoms with Crippen molar-refractivity contribution in [3.8, 4) is 0 Å². The van der Waals surface area contributed by atoms with E-state index in [0.29, 0.717) is 0 Å². The van der Waals surface area contributed by atoms with E-state index in [1.807, 2.05) is 0 Å². The first-order valence-corrected chi connectivity index (χ1v) is 7.15. The molecule has 0 aliphatic heterocycles. The number of para-hydroxylation sites is 1. The summed E-state index contributed by atoms with van der Waals surface area (Å²) >= 11 is -2.53. The van der Waals surface area contributed by atoms with Crippen LogP contribution in [-0.2, 0) is 29.8 Å². The highest BCUT2D eigenvalue weighted by molar-refractivity contribution is 7.87. The molecule has 0 fully saturated rings. The van der Waals surface area contributed by atoms with E-state index in [1.165, 1.54) is 12.1 Å². The van der Waals surface area contributed by atoms with Gasteiger partial charge < -0.3 is 0 Å². The van der Waals surface area contributed by atoms with Gasteiger partial charge in [0.25, 0.3) is 5.69 Å². The van der Waals surface area contributed by atoms with Gasteiger partial charge in [-0.1, -0.05) is 12.1 Å². The number of benzene rings is 1. The van der Waals surface area contributed by atoms with Gasteiger partial charge in [0.2, 0.25) is 0 Å². The van der Waals surface area contributed by atoms with Crippen LogP contribution in [0.3, 0.4) is 0 Å². The molecule has 0 aliphatic carbocycles. The van der Waals surface area contributed by atoms with E-state index in [2.05, 4.69) is 8.37 Å². The molecular weight excluding hydrogens is 302 g/mol. The van der Waals surface area contributed by atoms with Gasteiger partial charge in [-0.15, -0.1) is 0 Å². The Morgan fingerprint density at radius 2 is 1.95 bits per heavy atom. The van der Waals surface area contributed by atoms with Gasteiger partial charge in [-0.3, -0.25) is 23.0 Å². The molecule has 0 heterocycles. The van der Waals surface area contributed by atoms with E-state index in [1.54, 1.807) is 0 Å². The standard InChI is InChI=1S/C8H9NO8S2/c10-9(11)7-3-1-2-4-8(7)19(14,15)17-6-5-16-18(12)13/h1-4H,5-6H2,(H,12,13). The lowest BCUT2D eigenvalue weighted by atomic mass is 10.3. The Hall–Kier alpha value is -1.40. The number of hydrogen-bond acceptors (Lipinski definition) is 7. The zero-order valence-electron chi connectivity index (χ0n) is 9.29.